The van der Waals surface area contributed by atoms with Gasteiger partial charge in [-0.2, -0.15) is 0 Å². The zero-order valence-electron chi connectivity index (χ0n) is 8.95. The minimum atomic E-state index is -0.207. The molecule has 0 amide bonds. The van der Waals surface area contributed by atoms with Crippen LogP contribution < -0.4 is 5.32 Å². The van der Waals surface area contributed by atoms with Crippen LogP contribution in [0.5, 0.6) is 0 Å². The van der Waals surface area contributed by atoms with E-state index in [-0.39, 0.29) is 6.67 Å². The highest BCUT2D eigenvalue weighted by Gasteiger charge is 2.29. The van der Waals surface area contributed by atoms with Crippen LogP contribution in [-0.4, -0.2) is 19.3 Å². The van der Waals surface area contributed by atoms with Crippen LogP contribution in [0.25, 0.3) is 0 Å². The molecule has 1 N–H and O–H groups in total. The van der Waals surface area contributed by atoms with Gasteiger partial charge in [-0.1, -0.05) is 30.3 Å². The first kappa shape index (κ1) is 10.6. The number of halogens is 1. The van der Waals surface area contributed by atoms with Crippen molar-refractivity contribution in [3.63, 3.8) is 0 Å². The number of alkyl halides is 1. The molecule has 1 nitrogen and oxygen atoms in total. The van der Waals surface area contributed by atoms with Crippen molar-refractivity contribution in [1.82, 2.24) is 5.32 Å². The standard InChI is InChI=1S/C13H18FN/c14-7-4-8-15-13-9-12(10-13)11-5-2-1-3-6-11/h1-3,5-6,12-13,15H,4,7-10H2. The van der Waals surface area contributed by atoms with Crippen molar-refractivity contribution in [2.24, 2.45) is 0 Å². The van der Waals surface area contributed by atoms with Gasteiger partial charge in [0, 0.05) is 6.04 Å². The molecule has 1 aliphatic carbocycles. The third-order valence-electron chi connectivity index (χ3n) is 3.15. The molecule has 15 heavy (non-hydrogen) atoms. The average Bonchev–Trinajstić information content (AvgIpc) is 2.23. The molecule has 0 aliphatic heterocycles. The van der Waals surface area contributed by atoms with Gasteiger partial charge in [-0.3, -0.25) is 4.39 Å². The summed E-state index contributed by atoms with van der Waals surface area (Å²) in [5, 5.41) is 3.38. The maximum atomic E-state index is 11.9. The van der Waals surface area contributed by atoms with Crippen LogP contribution in [0.2, 0.25) is 0 Å². The molecule has 0 saturated heterocycles. The Morgan fingerprint density at radius 1 is 1.20 bits per heavy atom. The lowest BCUT2D eigenvalue weighted by Crippen LogP contribution is -2.40. The van der Waals surface area contributed by atoms with E-state index < -0.39 is 0 Å². The molecule has 0 atom stereocenters. The molecule has 0 heterocycles. The van der Waals surface area contributed by atoms with Crippen molar-refractivity contribution in [3.8, 4) is 0 Å². The Labute approximate surface area is 90.7 Å². The Morgan fingerprint density at radius 2 is 1.93 bits per heavy atom. The van der Waals surface area contributed by atoms with Gasteiger partial charge in [-0.25, -0.2) is 0 Å². The Kier molecular flexibility index (Phi) is 3.73. The molecule has 2 rings (SSSR count). The zero-order chi connectivity index (χ0) is 10.5. The number of benzene rings is 1. The van der Waals surface area contributed by atoms with Crippen molar-refractivity contribution < 1.29 is 4.39 Å². The second kappa shape index (κ2) is 5.26. The maximum absolute atomic E-state index is 11.9. The van der Waals surface area contributed by atoms with E-state index in [0.29, 0.717) is 18.4 Å². The highest BCUT2D eigenvalue weighted by Crippen LogP contribution is 2.36. The summed E-state index contributed by atoms with van der Waals surface area (Å²) < 4.78 is 11.9. The Balaban J connectivity index is 1.70. The van der Waals surface area contributed by atoms with Gasteiger partial charge in [-0.05, 0) is 37.3 Å². The monoisotopic (exact) mass is 207 g/mol. The second-order valence-corrected chi connectivity index (χ2v) is 4.27. The van der Waals surface area contributed by atoms with Crippen LogP contribution in [0, 0.1) is 0 Å². The van der Waals surface area contributed by atoms with E-state index >= 15 is 0 Å². The summed E-state index contributed by atoms with van der Waals surface area (Å²) in [5.74, 6) is 0.717. The lowest BCUT2D eigenvalue weighted by Gasteiger charge is -2.36. The predicted octanol–water partition coefficient (Wildman–Crippen LogP) is 2.88. The summed E-state index contributed by atoms with van der Waals surface area (Å²) in [7, 11) is 0. The molecule has 0 radical (unpaired) electrons. The fourth-order valence-corrected chi connectivity index (χ4v) is 2.15. The Morgan fingerprint density at radius 3 is 2.60 bits per heavy atom. The van der Waals surface area contributed by atoms with Gasteiger partial charge >= 0.3 is 0 Å². The predicted molar refractivity (Wildman–Crippen MR) is 60.8 cm³/mol. The van der Waals surface area contributed by atoms with E-state index in [4.69, 9.17) is 0 Å². The van der Waals surface area contributed by atoms with Crippen molar-refractivity contribution in [3.05, 3.63) is 35.9 Å². The molecular formula is C13H18FN. The van der Waals surface area contributed by atoms with Gasteiger partial charge in [0.2, 0.25) is 0 Å². The van der Waals surface area contributed by atoms with E-state index in [1.54, 1.807) is 0 Å². The molecule has 0 unspecified atom stereocenters. The molecule has 1 aliphatic rings. The highest BCUT2D eigenvalue weighted by molar-refractivity contribution is 5.22. The van der Waals surface area contributed by atoms with Crippen LogP contribution in [-0.2, 0) is 0 Å². The zero-order valence-corrected chi connectivity index (χ0v) is 8.95. The van der Waals surface area contributed by atoms with Crippen LogP contribution in [0.4, 0.5) is 4.39 Å². The molecule has 0 bridgehead atoms. The van der Waals surface area contributed by atoms with Gasteiger partial charge in [0.05, 0.1) is 6.67 Å². The van der Waals surface area contributed by atoms with Crippen LogP contribution in [0.3, 0.4) is 0 Å². The van der Waals surface area contributed by atoms with Gasteiger partial charge < -0.3 is 5.32 Å². The second-order valence-electron chi connectivity index (χ2n) is 4.27. The molecule has 1 aromatic rings. The fourth-order valence-electron chi connectivity index (χ4n) is 2.15. The molecular weight excluding hydrogens is 189 g/mol. The molecule has 0 spiro atoms. The first-order chi connectivity index (χ1) is 7.40. The van der Waals surface area contributed by atoms with E-state index in [0.717, 1.165) is 6.54 Å². The number of hydrogen-bond acceptors (Lipinski definition) is 1. The summed E-state index contributed by atoms with van der Waals surface area (Å²) in [6.45, 7) is 0.616. The third-order valence-corrected chi connectivity index (χ3v) is 3.15. The van der Waals surface area contributed by atoms with Gasteiger partial charge in [0.15, 0.2) is 0 Å². The Bertz CT molecular complexity index is 280. The smallest absolute Gasteiger partial charge is 0.0906 e. The minimum absolute atomic E-state index is 0.207. The lowest BCUT2D eigenvalue weighted by molar-refractivity contribution is 0.286. The van der Waals surface area contributed by atoms with Crippen LogP contribution in [0.15, 0.2) is 30.3 Å². The lowest BCUT2D eigenvalue weighted by atomic mass is 9.76. The quantitative estimate of drug-likeness (QED) is 0.732. The summed E-state index contributed by atoms with van der Waals surface area (Å²) in [5.41, 5.74) is 1.45. The molecule has 1 aromatic carbocycles. The summed E-state index contributed by atoms with van der Waals surface area (Å²) >= 11 is 0. The Hall–Kier alpha value is -0.890. The van der Waals surface area contributed by atoms with E-state index in [9.17, 15) is 4.39 Å². The first-order valence-corrected chi connectivity index (χ1v) is 5.74. The molecule has 82 valence electrons. The average molecular weight is 207 g/mol. The van der Waals surface area contributed by atoms with Crippen molar-refractivity contribution in [1.29, 1.82) is 0 Å². The SMILES string of the molecule is FCCCNC1CC(c2ccccc2)C1. The minimum Gasteiger partial charge on any atom is -0.314 e. The van der Waals surface area contributed by atoms with Crippen LogP contribution in [0.1, 0.15) is 30.7 Å². The van der Waals surface area contributed by atoms with Gasteiger partial charge in [0.1, 0.15) is 0 Å². The van der Waals surface area contributed by atoms with E-state index in [2.05, 4.69) is 35.6 Å². The summed E-state index contributed by atoms with van der Waals surface area (Å²) in [6, 6.07) is 11.3. The van der Waals surface area contributed by atoms with Gasteiger partial charge in [0.25, 0.3) is 0 Å². The van der Waals surface area contributed by atoms with E-state index in [1.807, 2.05) is 0 Å². The molecule has 0 aromatic heterocycles. The number of hydrogen-bond donors (Lipinski definition) is 1. The van der Waals surface area contributed by atoms with E-state index in [1.165, 1.54) is 18.4 Å². The summed E-state index contributed by atoms with van der Waals surface area (Å²) in [4.78, 5) is 0. The number of nitrogens with one attached hydrogen (secondary N) is 1. The van der Waals surface area contributed by atoms with Crippen LogP contribution >= 0.6 is 0 Å². The van der Waals surface area contributed by atoms with Crippen molar-refractivity contribution >= 4 is 0 Å². The molecule has 1 fully saturated rings. The topological polar surface area (TPSA) is 12.0 Å². The largest absolute Gasteiger partial charge is 0.314 e. The maximum Gasteiger partial charge on any atom is 0.0906 e. The number of rotatable bonds is 5. The molecule has 2 heteroatoms. The highest BCUT2D eigenvalue weighted by atomic mass is 19.1. The van der Waals surface area contributed by atoms with Crippen molar-refractivity contribution in [2.45, 2.75) is 31.2 Å². The first-order valence-electron chi connectivity index (χ1n) is 5.74. The fraction of sp³-hybridized carbons (Fsp3) is 0.538. The normalized spacial score (nSPS) is 24.9. The molecule has 1 saturated carbocycles. The van der Waals surface area contributed by atoms with Crippen molar-refractivity contribution in [2.75, 3.05) is 13.2 Å². The third kappa shape index (κ3) is 2.78. The summed E-state index contributed by atoms with van der Waals surface area (Å²) in [6.07, 6.45) is 3.05. The van der Waals surface area contributed by atoms with Gasteiger partial charge in [-0.15, -0.1) is 0 Å².